The number of hydrogen-bond acceptors (Lipinski definition) is 18. The number of methoxy groups -OCH3 is 1. The van der Waals surface area contributed by atoms with E-state index in [1.807, 2.05) is 0 Å². The van der Waals surface area contributed by atoms with Crippen molar-refractivity contribution in [3.8, 4) is 11.9 Å². The number of aliphatic hydroxyl groups is 1. The SMILES string of the molecule is COC(=O)c1cnn(C)c1N=Nc1c(C)nn(-c2ncccn2)c1NC(=O)CCCCCC(=O)Nc1c(N=Nc2c(C(=O)CO)cnn2C)c(C)nn1-c1ncccn1. The van der Waals surface area contributed by atoms with E-state index >= 15 is 0 Å². The fourth-order valence-corrected chi connectivity index (χ4v) is 5.56. The van der Waals surface area contributed by atoms with Gasteiger partial charge >= 0.3 is 5.97 Å². The zero-order chi connectivity index (χ0) is 42.1. The maximum Gasteiger partial charge on any atom is 0.343 e. The number of azo groups is 2. The molecule has 0 saturated carbocycles. The summed E-state index contributed by atoms with van der Waals surface area (Å²) < 4.78 is 10.2. The lowest BCUT2D eigenvalue weighted by Gasteiger charge is -2.09. The lowest BCUT2D eigenvalue weighted by molar-refractivity contribution is -0.116. The van der Waals surface area contributed by atoms with Crippen LogP contribution in [0.4, 0.5) is 34.6 Å². The minimum Gasteiger partial charge on any atom is -0.465 e. The standard InChI is InChI=1S/C35H38N18O6/c1-20-27(44-46-29-22(24(55)19-54)17-40-50(29)3)31(52(48-20)34-36-13-9-14-37-34)42-25(56)11-7-6-8-12-26(57)43-32-28(21(2)49-53(32)35-38-15-10-16-39-35)45-47-30-23(33(58)59-5)18-41-51(30)4/h9-10,13-18,54H,6-8,11-12,19H2,1-5H3,(H,42,56)(H,43,57). The normalized spacial score (nSPS) is 11.4. The van der Waals surface area contributed by atoms with Crippen molar-refractivity contribution in [3.63, 3.8) is 0 Å². The number of aryl methyl sites for hydroxylation is 4. The number of aliphatic hydroxyl groups excluding tert-OH is 1. The summed E-state index contributed by atoms with van der Waals surface area (Å²) in [6, 6.07) is 3.27. The summed E-state index contributed by atoms with van der Waals surface area (Å²) in [6.07, 6.45) is 10.2. The monoisotopic (exact) mass is 806 g/mol. The van der Waals surface area contributed by atoms with Gasteiger partial charge in [-0.05, 0) is 38.8 Å². The number of ether oxygens (including phenoxy) is 1. The molecule has 6 heterocycles. The second-order valence-corrected chi connectivity index (χ2v) is 12.6. The molecule has 59 heavy (non-hydrogen) atoms. The van der Waals surface area contributed by atoms with Crippen molar-refractivity contribution in [1.29, 1.82) is 0 Å². The smallest absolute Gasteiger partial charge is 0.343 e. The lowest BCUT2D eigenvalue weighted by Crippen LogP contribution is -2.16. The van der Waals surface area contributed by atoms with E-state index in [2.05, 4.69) is 71.4 Å². The Morgan fingerprint density at radius 3 is 1.56 bits per heavy atom. The van der Waals surface area contributed by atoms with E-state index in [9.17, 15) is 24.3 Å². The van der Waals surface area contributed by atoms with Gasteiger partial charge in [-0.2, -0.15) is 29.8 Å². The molecule has 0 aliphatic rings. The molecule has 0 aromatic carbocycles. The summed E-state index contributed by atoms with van der Waals surface area (Å²) >= 11 is 0. The number of anilines is 2. The number of unbranched alkanes of at least 4 members (excludes halogenated alkanes) is 2. The van der Waals surface area contributed by atoms with Crippen LogP contribution in [0.2, 0.25) is 0 Å². The molecule has 0 spiro atoms. The number of Topliss-reactive ketones (excluding diaryl/α,β-unsaturated/α-hetero) is 1. The van der Waals surface area contributed by atoms with Gasteiger partial charge in [-0.25, -0.2) is 34.1 Å². The molecule has 0 saturated heterocycles. The zero-order valence-electron chi connectivity index (χ0n) is 32.5. The molecule has 24 heteroatoms. The highest BCUT2D eigenvalue weighted by molar-refractivity contribution is 6.00. The highest BCUT2D eigenvalue weighted by Gasteiger charge is 2.24. The Morgan fingerprint density at radius 2 is 1.12 bits per heavy atom. The fourth-order valence-electron chi connectivity index (χ4n) is 5.56. The van der Waals surface area contributed by atoms with Gasteiger partial charge < -0.3 is 20.5 Å². The van der Waals surface area contributed by atoms with E-state index in [0.717, 1.165) is 0 Å². The summed E-state index contributed by atoms with van der Waals surface area (Å²) in [6.45, 7) is 2.59. The predicted octanol–water partition coefficient (Wildman–Crippen LogP) is 4.04. The second-order valence-electron chi connectivity index (χ2n) is 12.6. The van der Waals surface area contributed by atoms with Gasteiger partial charge in [0.25, 0.3) is 11.9 Å². The van der Waals surface area contributed by atoms with Crippen LogP contribution in [0.25, 0.3) is 11.9 Å². The Hall–Kier alpha value is -7.76. The lowest BCUT2D eigenvalue weighted by atomic mass is 10.1. The van der Waals surface area contributed by atoms with Gasteiger partial charge in [0, 0.05) is 51.7 Å². The molecule has 0 aliphatic carbocycles. The van der Waals surface area contributed by atoms with Crippen LogP contribution in [0.15, 0.2) is 69.8 Å². The average molecular weight is 807 g/mol. The van der Waals surface area contributed by atoms with Gasteiger partial charge in [0.1, 0.15) is 12.2 Å². The number of carbonyl (C=O) groups is 4. The minimum absolute atomic E-state index is 0.0719. The number of nitrogens with zero attached hydrogens (tertiary/aromatic N) is 16. The molecule has 6 rings (SSSR count). The van der Waals surface area contributed by atoms with Crippen molar-refractivity contribution in [2.75, 3.05) is 24.4 Å². The first kappa shape index (κ1) is 40.9. The quantitative estimate of drug-likeness (QED) is 0.0507. The van der Waals surface area contributed by atoms with E-state index in [0.29, 0.717) is 30.7 Å². The second kappa shape index (κ2) is 18.5. The first-order chi connectivity index (χ1) is 28.5. The first-order valence-electron chi connectivity index (χ1n) is 17.9. The number of rotatable bonds is 17. The van der Waals surface area contributed by atoms with Crippen molar-refractivity contribution < 1.29 is 29.0 Å². The fraction of sp³-hybridized carbons (Fsp3) is 0.314. The van der Waals surface area contributed by atoms with E-state index in [1.54, 1.807) is 40.1 Å². The van der Waals surface area contributed by atoms with Crippen LogP contribution in [0, 0.1) is 13.8 Å². The van der Waals surface area contributed by atoms with Crippen LogP contribution in [-0.2, 0) is 28.4 Å². The highest BCUT2D eigenvalue weighted by atomic mass is 16.5. The van der Waals surface area contributed by atoms with Crippen LogP contribution < -0.4 is 10.6 Å². The van der Waals surface area contributed by atoms with Crippen molar-refractivity contribution in [3.05, 3.63) is 71.8 Å². The van der Waals surface area contributed by atoms with Crippen LogP contribution in [0.5, 0.6) is 0 Å². The Bertz CT molecular complexity index is 2360. The number of carbonyl (C=O) groups excluding carboxylic acids is 4. The molecule has 6 aromatic heterocycles. The van der Waals surface area contributed by atoms with E-state index in [1.165, 1.54) is 63.0 Å². The zero-order valence-corrected chi connectivity index (χ0v) is 32.5. The van der Waals surface area contributed by atoms with Crippen LogP contribution in [0.3, 0.4) is 0 Å². The third-order valence-corrected chi connectivity index (χ3v) is 8.52. The Kier molecular flexibility index (Phi) is 12.8. The molecule has 0 unspecified atom stereocenters. The number of aromatic nitrogens is 12. The van der Waals surface area contributed by atoms with E-state index in [4.69, 9.17) is 4.74 Å². The van der Waals surface area contributed by atoms with E-state index < -0.39 is 18.4 Å². The molecule has 24 nitrogen and oxygen atoms in total. The number of amides is 2. The Balaban J connectivity index is 1.12. The molecule has 3 N–H and O–H groups in total. The largest absolute Gasteiger partial charge is 0.465 e. The van der Waals surface area contributed by atoms with Crippen molar-refractivity contribution in [2.45, 2.75) is 46.0 Å². The Morgan fingerprint density at radius 1 is 0.678 bits per heavy atom. The molecule has 0 aliphatic heterocycles. The maximum absolute atomic E-state index is 13.3. The van der Waals surface area contributed by atoms with Gasteiger partial charge in [0.2, 0.25) is 11.8 Å². The summed E-state index contributed by atoms with van der Waals surface area (Å²) in [7, 11) is 4.40. The molecule has 2 amide bonds. The van der Waals surface area contributed by atoms with Crippen molar-refractivity contribution in [2.24, 2.45) is 34.6 Å². The molecule has 304 valence electrons. The molecule has 0 atom stereocenters. The average Bonchev–Trinajstić information content (AvgIpc) is 3.98. The number of nitrogens with one attached hydrogen (secondary N) is 2. The number of esters is 1. The van der Waals surface area contributed by atoms with Crippen LogP contribution in [-0.4, -0.2) is 101 Å². The van der Waals surface area contributed by atoms with Crippen LogP contribution in [0.1, 0.15) is 64.2 Å². The summed E-state index contributed by atoms with van der Waals surface area (Å²) in [5.41, 5.74) is 1.32. The third-order valence-electron chi connectivity index (χ3n) is 8.52. The molecule has 0 bridgehead atoms. The molecule has 6 aromatic rings. The topological polar surface area (TPSA) is 294 Å². The third kappa shape index (κ3) is 9.28. The Labute approximate surface area is 334 Å². The van der Waals surface area contributed by atoms with Gasteiger partial charge in [-0.15, -0.1) is 20.5 Å². The first-order valence-corrected chi connectivity index (χ1v) is 17.9. The van der Waals surface area contributed by atoms with Crippen molar-refractivity contribution >= 4 is 58.2 Å². The molecule has 0 radical (unpaired) electrons. The van der Waals surface area contributed by atoms with Crippen LogP contribution >= 0.6 is 0 Å². The summed E-state index contributed by atoms with van der Waals surface area (Å²) in [4.78, 5) is 68.1. The molecular weight excluding hydrogens is 769 g/mol. The summed E-state index contributed by atoms with van der Waals surface area (Å²) in [5, 5.41) is 49.2. The molecular formula is C35H38N18O6. The molecule has 0 fully saturated rings. The summed E-state index contributed by atoms with van der Waals surface area (Å²) in [5.74, 6) is -1.10. The van der Waals surface area contributed by atoms with Gasteiger partial charge in [-0.3, -0.25) is 14.4 Å². The maximum atomic E-state index is 13.3. The number of ketones is 1. The minimum atomic E-state index is -0.736. The number of hydrogen-bond donors (Lipinski definition) is 3. The predicted molar refractivity (Wildman–Crippen MR) is 206 cm³/mol. The van der Waals surface area contributed by atoms with Gasteiger partial charge in [0.15, 0.2) is 40.4 Å². The van der Waals surface area contributed by atoms with Gasteiger partial charge in [0.05, 0.1) is 36.5 Å². The van der Waals surface area contributed by atoms with E-state index in [-0.39, 0.29) is 82.3 Å². The highest BCUT2D eigenvalue weighted by Crippen LogP contribution is 2.35. The van der Waals surface area contributed by atoms with Gasteiger partial charge in [-0.1, -0.05) is 6.42 Å². The van der Waals surface area contributed by atoms with Crippen molar-refractivity contribution in [1.82, 2.24) is 59.1 Å².